The number of rotatable bonds is 10. The molecule has 0 fully saturated rings. The second-order valence-corrected chi connectivity index (χ2v) is 12.1. The van der Waals surface area contributed by atoms with Crippen LogP contribution in [0.3, 0.4) is 0 Å². The molecule has 0 aliphatic rings. The molecule has 0 aliphatic heterocycles. The first-order valence-corrected chi connectivity index (χ1v) is 15.3. The fourth-order valence-corrected chi connectivity index (χ4v) is 6.55. The van der Waals surface area contributed by atoms with Crippen molar-refractivity contribution in [1.29, 1.82) is 0 Å². The number of nitrogens with zero attached hydrogens (tertiary/aromatic N) is 4. The van der Waals surface area contributed by atoms with Crippen molar-refractivity contribution in [3.8, 4) is 5.75 Å². The summed E-state index contributed by atoms with van der Waals surface area (Å²) in [5.41, 5.74) is 2.33. The van der Waals surface area contributed by atoms with Crippen molar-refractivity contribution in [1.82, 2.24) is 9.29 Å². The Labute approximate surface area is 247 Å². The van der Waals surface area contributed by atoms with Crippen molar-refractivity contribution >= 4 is 48.8 Å². The van der Waals surface area contributed by atoms with Crippen molar-refractivity contribution in [2.75, 3.05) is 18.7 Å². The fourth-order valence-electron chi connectivity index (χ4n) is 4.17. The molecule has 8 nitrogen and oxygen atoms in total. The summed E-state index contributed by atoms with van der Waals surface area (Å²) in [5.74, 6) is -0.254. The highest BCUT2D eigenvalue weighted by Gasteiger charge is 2.25. The van der Waals surface area contributed by atoms with E-state index in [-0.39, 0.29) is 29.4 Å². The molecule has 0 saturated carbocycles. The molecular formula is C31H27FN4O4S2. The molecule has 1 heterocycles. The van der Waals surface area contributed by atoms with Crippen molar-refractivity contribution in [2.24, 2.45) is 5.10 Å². The molecule has 1 aromatic heterocycles. The maximum Gasteiger partial charge on any atom is 0.280 e. The van der Waals surface area contributed by atoms with E-state index in [2.05, 4.69) is 10.1 Å². The molecule has 0 radical (unpaired) electrons. The molecule has 214 valence electrons. The molecule has 0 spiro atoms. The lowest BCUT2D eigenvalue weighted by molar-refractivity contribution is 0.0987. The van der Waals surface area contributed by atoms with Gasteiger partial charge in [-0.05, 0) is 65.7 Å². The van der Waals surface area contributed by atoms with Gasteiger partial charge in [-0.15, -0.1) is 0 Å². The van der Waals surface area contributed by atoms with Gasteiger partial charge in [-0.1, -0.05) is 60.7 Å². The predicted octanol–water partition coefficient (Wildman–Crippen LogP) is 6.34. The predicted molar refractivity (Wildman–Crippen MR) is 163 cm³/mol. The summed E-state index contributed by atoms with van der Waals surface area (Å²) in [4.78, 5) is 18.4. The summed E-state index contributed by atoms with van der Waals surface area (Å²) in [6.45, 7) is 2.30. The Morgan fingerprint density at radius 3 is 2.38 bits per heavy atom. The van der Waals surface area contributed by atoms with Crippen LogP contribution >= 0.6 is 11.3 Å². The van der Waals surface area contributed by atoms with E-state index < -0.39 is 15.9 Å². The van der Waals surface area contributed by atoms with Gasteiger partial charge in [0.2, 0.25) is 15.2 Å². The van der Waals surface area contributed by atoms with Gasteiger partial charge >= 0.3 is 0 Å². The number of anilines is 1. The molecule has 0 N–H and O–H groups in total. The van der Waals surface area contributed by atoms with E-state index in [1.165, 1.54) is 58.3 Å². The van der Waals surface area contributed by atoms with Gasteiger partial charge < -0.3 is 4.74 Å². The molecular weight excluding hydrogens is 575 g/mol. The van der Waals surface area contributed by atoms with Gasteiger partial charge in [-0.25, -0.2) is 17.8 Å². The van der Waals surface area contributed by atoms with Crippen LogP contribution in [0.5, 0.6) is 5.75 Å². The number of benzene rings is 4. The van der Waals surface area contributed by atoms with Crippen LogP contribution in [0, 0.1) is 5.82 Å². The summed E-state index contributed by atoms with van der Waals surface area (Å²) in [7, 11) is -2.25. The van der Waals surface area contributed by atoms with E-state index in [0.29, 0.717) is 22.0 Å². The number of carbonyl (C=O) groups excluding carboxylic acids is 1. The van der Waals surface area contributed by atoms with Crippen molar-refractivity contribution < 1.29 is 22.3 Å². The summed E-state index contributed by atoms with van der Waals surface area (Å²) >= 11 is 1.25. The van der Waals surface area contributed by atoms with Gasteiger partial charge in [-0.3, -0.25) is 4.79 Å². The number of ether oxygens (including phenoxy) is 1. The summed E-state index contributed by atoms with van der Waals surface area (Å²) < 4.78 is 47.7. The van der Waals surface area contributed by atoms with Crippen LogP contribution in [0.1, 0.15) is 28.4 Å². The average Bonchev–Trinajstić information content (AvgIpc) is 3.44. The zero-order chi connectivity index (χ0) is 29.7. The number of hydrazone groups is 1. The highest BCUT2D eigenvalue weighted by atomic mass is 32.2. The number of methoxy groups -OCH3 is 1. The van der Waals surface area contributed by atoms with E-state index in [0.717, 1.165) is 15.3 Å². The van der Waals surface area contributed by atoms with Crippen LogP contribution in [0.25, 0.3) is 10.2 Å². The van der Waals surface area contributed by atoms with Crippen LogP contribution < -0.4 is 9.75 Å². The number of hydrogen-bond acceptors (Lipinski definition) is 7. The lowest BCUT2D eigenvalue weighted by Crippen LogP contribution is -2.30. The second-order valence-electron chi connectivity index (χ2n) is 9.18. The molecule has 0 bridgehead atoms. The number of carbonyl (C=O) groups is 1. The van der Waals surface area contributed by atoms with Gasteiger partial charge in [0.25, 0.3) is 5.91 Å². The van der Waals surface area contributed by atoms with Crippen LogP contribution in [0.15, 0.2) is 107 Å². The quantitative estimate of drug-likeness (QED) is 0.138. The molecule has 42 heavy (non-hydrogen) atoms. The van der Waals surface area contributed by atoms with Gasteiger partial charge in [0, 0.05) is 18.7 Å². The summed E-state index contributed by atoms with van der Waals surface area (Å²) in [6, 6.07) is 26.2. The minimum Gasteiger partial charge on any atom is -0.497 e. The monoisotopic (exact) mass is 602 g/mol. The average molecular weight is 603 g/mol. The van der Waals surface area contributed by atoms with Crippen molar-refractivity contribution in [2.45, 2.75) is 18.4 Å². The number of amides is 1. The van der Waals surface area contributed by atoms with Crippen molar-refractivity contribution in [3.05, 3.63) is 120 Å². The maximum atomic E-state index is 13.7. The van der Waals surface area contributed by atoms with E-state index in [4.69, 9.17) is 4.74 Å². The number of sulfonamides is 1. The summed E-state index contributed by atoms with van der Waals surface area (Å²) in [6.07, 6.45) is 1.44. The first kappa shape index (κ1) is 29.1. The van der Waals surface area contributed by atoms with Crippen LogP contribution in [-0.2, 0) is 16.6 Å². The Morgan fingerprint density at radius 1 is 1.00 bits per heavy atom. The standard InChI is InChI=1S/C31H27FN4O4S2/c1-3-35(21-23-7-5-4-6-8-23)42(38,39)27-16-11-24(12-17-27)30(37)36(33-20-22-9-13-25(32)14-10-22)31-34-28-18-15-26(40-2)19-29(28)41-31/h4-20H,3,21H2,1-2H3/b33-20+. The number of aromatic nitrogens is 1. The molecule has 5 aromatic rings. The fraction of sp³-hybridized carbons (Fsp3) is 0.129. The van der Waals surface area contributed by atoms with E-state index in [1.54, 1.807) is 38.3 Å². The molecule has 0 aliphatic carbocycles. The SMILES string of the molecule is CCN(Cc1ccccc1)S(=O)(=O)c1ccc(C(=O)N(/N=C/c2ccc(F)cc2)c2nc3ccc(OC)cc3s2)cc1. The van der Waals surface area contributed by atoms with Crippen LogP contribution in [-0.4, -0.2) is 43.5 Å². The minimum absolute atomic E-state index is 0.0743. The van der Waals surface area contributed by atoms with E-state index in [1.807, 2.05) is 36.4 Å². The first-order valence-electron chi connectivity index (χ1n) is 13.0. The van der Waals surface area contributed by atoms with E-state index >= 15 is 0 Å². The van der Waals surface area contributed by atoms with Gasteiger partial charge in [0.15, 0.2) is 0 Å². The highest BCUT2D eigenvalue weighted by Crippen LogP contribution is 2.32. The normalized spacial score (nSPS) is 11.8. The van der Waals surface area contributed by atoms with Crippen molar-refractivity contribution in [3.63, 3.8) is 0 Å². The lowest BCUT2D eigenvalue weighted by atomic mass is 10.2. The largest absolute Gasteiger partial charge is 0.497 e. The summed E-state index contributed by atoms with van der Waals surface area (Å²) in [5, 5.41) is 5.85. The maximum absolute atomic E-state index is 13.7. The number of fused-ring (bicyclic) bond motifs is 1. The van der Waals surface area contributed by atoms with Gasteiger partial charge in [0.05, 0.1) is 28.4 Å². The third-order valence-corrected chi connectivity index (χ3v) is 9.37. The van der Waals surface area contributed by atoms with Gasteiger partial charge in [-0.2, -0.15) is 14.4 Å². The first-order chi connectivity index (χ1) is 20.3. The third-order valence-electron chi connectivity index (χ3n) is 6.44. The number of halogens is 1. The zero-order valence-corrected chi connectivity index (χ0v) is 24.5. The molecule has 11 heteroatoms. The zero-order valence-electron chi connectivity index (χ0n) is 22.8. The molecule has 4 aromatic carbocycles. The Balaban J connectivity index is 1.46. The smallest absolute Gasteiger partial charge is 0.280 e. The van der Waals surface area contributed by atoms with Gasteiger partial charge in [0.1, 0.15) is 11.6 Å². The molecule has 0 atom stereocenters. The molecule has 0 saturated heterocycles. The highest BCUT2D eigenvalue weighted by molar-refractivity contribution is 7.89. The Kier molecular flexibility index (Phi) is 8.72. The Morgan fingerprint density at radius 2 is 1.71 bits per heavy atom. The molecule has 5 rings (SSSR count). The third kappa shape index (κ3) is 6.38. The second kappa shape index (κ2) is 12.6. The Hall–Kier alpha value is -4.45. The molecule has 1 amide bonds. The Bertz CT molecular complexity index is 1830. The van der Waals surface area contributed by atoms with Crippen LogP contribution in [0.4, 0.5) is 9.52 Å². The lowest BCUT2D eigenvalue weighted by Gasteiger charge is -2.21. The molecule has 0 unspecified atom stereocenters. The van der Waals surface area contributed by atoms with Crippen LogP contribution in [0.2, 0.25) is 0 Å². The topological polar surface area (TPSA) is 92.2 Å². The van der Waals surface area contributed by atoms with E-state index in [9.17, 15) is 17.6 Å². The minimum atomic E-state index is -3.81. The number of hydrogen-bond donors (Lipinski definition) is 0. The number of thiazole rings is 1.